The Kier molecular flexibility index (Phi) is 6.25. The second-order valence-corrected chi connectivity index (χ2v) is 8.91. The number of aromatic nitrogens is 1. The van der Waals surface area contributed by atoms with E-state index in [1.54, 1.807) is 0 Å². The normalized spacial score (nSPS) is 15.9. The van der Waals surface area contributed by atoms with E-state index < -0.39 is 0 Å². The Labute approximate surface area is 195 Å². The van der Waals surface area contributed by atoms with Crippen LogP contribution in [0.15, 0.2) is 77.2 Å². The lowest BCUT2D eigenvalue weighted by molar-refractivity contribution is 0.0717. The average molecular weight is 439 g/mol. The van der Waals surface area contributed by atoms with E-state index in [1.807, 2.05) is 41.3 Å². The molecule has 0 saturated carbocycles. The molecule has 1 amide bonds. The molecule has 1 aliphatic rings. The zero-order valence-corrected chi connectivity index (χ0v) is 19.2. The minimum atomic E-state index is -0.116. The number of amides is 1. The number of carbonyl (C=O) groups excluding carboxylic acids is 1. The van der Waals surface area contributed by atoms with Crippen molar-refractivity contribution in [2.75, 3.05) is 6.54 Å². The van der Waals surface area contributed by atoms with Gasteiger partial charge < -0.3 is 9.32 Å². The summed E-state index contributed by atoms with van der Waals surface area (Å²) in [4.78, 5) is 20.0. The molecule has 4 nitrogen and oxygen atoms in total. The Morgan fingerprint density at radius 3 is 2.61 bits per heavy atom. The first kappa shape index (κ1) is 21.4. The van der Waals surface area contributed by atoms with Crippen molar-refractivity contribution in [3.63, 3.8) is 0 Å². The molecule has 5 rings (SSSR count). The Morgan fingerprint density at radius 1 is 1.00 bits per heavy atom. The van der Waals surface area contributed by atoms with Crippen LogP contribution in [0.4, 0.5) is 0 Å². The molecule has 33 heavy (non-hydrogen) atoms. The molecule has 0 spiro atoms. The first-order valence-electron chi connectivity index (χ1n) is 12.1. The van der Waals surface area contributed by atoms with Crippen LogP contribution in [0.2, 0.25) is 0 Å². The number of nitrogens with zero attached hydrogens (tertiary/aromatic N) is 2. The number of oxazole rings is 1. The van der Waals surface area contributed by atoms with Crippen molar-refractivity contribution in [1.29, 1.82) is 0 Å². The highest BCUT2D eigenvalue weighted by molar-refractivity contribution is 5.94. The van der Waals surface area contributed by atoms with Crippen LogP contribution in [0.1, 0.15) is 66.9 Å². The van der Waals surface area contributed by atoms with E-state index in [2.05, 4.69) is 43.3 Å². The van der Waals surface area contributed by atoms with Gasteiger partial charge in [0.1, 0.15) is 11.6 Å². The SMILES string of the molecule is CCCCCc1ccc(C(=O)N2CCC[C@H]2c2nc3cc(-c4ccccc4)ccc3o2)cc1. The van der Waals surface area contributed by atoms with Crippen LogP contribution in [0.3, 0.4) is 0 Å². The summed E-state index contributed by atoms with van der Waals surface area (Å²) in [5.74, 6) is 0.696. The number of hydrogen-bond acceptors (Lipinski definition) is 3. The van der Waals surface area contributed by atoms with Crippen LogP contribution in [0.25, 0.3) is 22.2 Å². The number of fused-ring (bicyclic) bond motifs is 1. The number of carbonyl (C=O) groups is 1. The monoisotopic (exact) mass is 438 g/mol. The molecule has 1 aromatic heterocycles. The van der Waals surface area contributed by atoms with Crippen molar-refractivity contribution in [2.24, 2.45) is 0 Å². The van der Waals surface area contributed by atoms with Gasteiger partial charge in [-0.1, -0.05) is 68.3 Å². The van der Waals surface area contributed by atoms with Crippen molar-refractivity contribution in [3.05, 3.63) is 89.8 Å². The van der Waals surface area contributed by atoms with E-state index in [9.17, 15) is 4.79 Å². The van der Waals surface area contributed by atoms with E-state index in [0.717, 1.165) is 53.6 Å². The van der Waals surface area contributed by atoms with Crippen LogP contribution < -0.4 is 0 Å². The standard InChI is InChI=1S/C29H30N2O2/c1-2-3-5-9-21-13-15-23(16-14-21)29(32)31-19-8-12-26(31)28-30-25-20-24(17-18-27(25)33-28)22-10-6-4-7-11-22/h4,6-7,10-11,13-18,20,26H,2-3,5,8-9,12,19H2,1H3/t26-/m0/s1. The lowest BCUT2D eigenvalue weighted by Crippen LogP contribution is -2.30. The van der Waals surface area contributed by atoms with E-state index in [1.165, 1.54) is 24.8 Å². The summed E-state index contributed by atoms with van der Waals surface area (Å²) in [6.07, 6.45) is 6.56. The fraction of sp³-hybridized carbons (Fsp3) is 0.310. The van der Waals surface area contributed by atoms with Gasteiger partial charge in [-0.2, -0.15) is 0 Å². The average Bonchev–Trinajstić information content (AvgIpc) is 3.51. The Hall–Kier alpha value is -3.40. The van der Waals surface area contributed by atoms with E-state index in [0.29, 0.717) is 5.89 Å². The first-order valence-corrected chi connectivity index (χ1v) is 12.1. The Balaban J connectivity index is 1.35. The van der Waals surface area contributed by atoms with Gasteiger partial charge in [-0.05, 0) is 66.6 Å². The van der Waals surface area contributed by atoms with Crippen molar-refractivity contribution in [2.45, 2.75) is 51.5 Å². The molecule has 0 radical (unpaired) electrons. The molecule has 3 aromatic carbocycles. The molecule has 2 heterocycles. The number of hydrogen-bond donors (Lipinski definition) is 0. The zero-order chi connectivity index (χ0) is 22.6. The number of likely N-dealkylation sites (tertiary alicyclic amines) is 1. The summed E-state index contributed by atoms with van der Waals surface area (Å²) in [7, 11) is 0. The molecule has 1 aliphatic heterocycles. The molecule has 1 fully saturated rings. The van der Waals surface area contributed by atoms with Crippen molar-refractivity contribution in [1.82, 2.24) is 9.88 Å². The highest BCUT2D eigenvalue weighted by atomic mass is 16.3. The minimum absolute atomic E-state index is 0.0600. The molecule has 0 bridgehead atoms. The van der Waals surface area contributed by atoms with Gasteiger partial charge in [0, 0.05) is 12.1 Å². The van der Waals surface area contributed by atoms with Gasteiger partial charge in [0.25, 0.3) is 5.91 Å². The second-order valence-electron chi connectivity index (χ2n) is 8.91. The predicted molar refractivity (Wildman–Crippen MR) is 132 cm³/mol. The maximum atomic E-state index is 13.3. The van der Waals surface area contributed by atoms with Gasteiger partial charge in [-0.3, -0.25) is 4.79 Å². The van der Waals surface area contributed by atoms with E-state index >= 15 is 0 Å². The van der Waals surface area contributed by atoms with Gasteiger partial charge in [0.15, 0.2) is 5.58 Å². The molecule has 0 N–H and O–H groups in total. The highest BCUT2D eigenvalue weighted by Gasteiger charge is 2.34. The minimum Gasteiger partial charge on any atom is -0.438 e. The van der Waals surface area contributed by atoms with Crippen molar-refractivity contribution < 1.29 is 9.21 Å². The Bertz CT molecular complexity index is 1230. The summed E-state index contributed by atoms with van der Waals surface area (Å²) in [5.41, 5.74) is 5.90. The van der Waals surface area contributed by atoms with Crippen LogP contribution >= 0.6 is 0 Å². The smallest absolute Gasteiger partial charge is 0.254 e. The van der Waals surface area contributed by atoms with Gasteiger partial charge >= 0.3 is 0 Å². The molecule has 0 aliphatic carbocycles. The summed E-state index contributed by atoms with van der Waals surface area (Å²) in [6.45, 7) is 2.95. The zero-order valence-electron chi connectivity index (χ0n) is 19.2. The van der Waals surface area contributed by atoms with Crippen LogP contribution in [0.5, 0.6) is 0 Å². The lowest BCUT2D eigenvalue weighted by atomic mass is 10.0. The quantitative estimate of drug-likeness (QED) is 0.287. The maximum absolute atomic E-state index is 13.3. The number of aryl methyl sites for hydroxylation is 1. The number of rotatable bonds is 7. The fourth-order valence-electron chi connectivity index (χ4n) is 4.72. The molecule has 168 valence electrons. The molecular formula is C29H30N2O2. The third-order valence-electron chi connectivity index (χ3n) is 6.58. The van der Waals surface area contributed by atoms with Gasteiger partial charge in [-0.15, -0.1) is 0 Å². The van der Waals surface area contributed by atoms with Crippen molar-refractivity contribution >= 4 is 17.0 Å². The third kappa shape index (κ3) is 4.56. The van der Waals surface area contributed by atoms with Gasteiger partial charge in [0.05, 0.1) is 0 Å². The largest absolute Gasteiger partial charge is 0.438 e. The van der Waals surface area contributed by atoms with Gasteiger partial charge in [-0.25, -0.2) is 4.98 Å². The van der Waals surface area contributed by atoms with Gasteiger partial charge in [0.2, 0.25) is 5.89 Å². The van der Waals surface area contributed by atoms with Crippen LogP contribution in [0, 0.1) is 0 Å². The second kappa shape index (κ2) is 9.62. The summed E-state index contributed by atoms with van der Waals surface area (Å²) >= 11 is 0. The predicted octanol–water partition coefficient (Wildman–Crippen LogP) is 7.20. The lowest BCUT2D eigenvalue weighted by Gasteiger charge is -2.22. The fourth-order valence-corrected chi connectivity index (χ4v) is 4.72. The number of benzene rings is 3. The van der Waals surface area contributed by atoms with Crippen LogP contribution in [-0.4, -0.2) is 22.3 Å². The Morgan fingerprint density at radius 2 is 1.82 bits per heavy atom. The van der Waals surface area contributed by atoms with E-state index in [4.69, 9.17) is 9.40 Å². The summed E-state index contributed by atoms with van der Waals surface area (Å²) in [6, 6.07) is 24.4. The molecular weight excluding hydrogens is 408 g/mol. The third-order valence-corrected chi connectivity index (χ3v) is 6.58. The maximum Gasteiger partial charge on any atom is 0.254 e. The number of unbranched alkanes of at least 4 members (excludes halogenated alkanes) is 2. The van der Waals surface area contributed by atoms with Crippen molar-refractivity contribution in [3.8, 4) is 11.1 Å². The first-order chi connectivity index (χ1) is 16.2. The highest BCUT2D eigenvalue weighted by Crippen LogP contribution is 2.35. The molecule has 0 unspecified atom stereocenters. The summed E-state index contributed by atoms with van der Waals surface area (Å²) in [5, 5.41) is 0. The molecule has 1 atom stereocenters. The van der Waals surface area contributed by atoms with E-state index in [-0.39, 0.29) is 11.9 Å². The summed E-state index contributed by atoms with van der Waals surface area (Å²) < 4.78 is 6.13. The molecule has 4 heteroatoms. The molecule has 1 saturated heterocycles. The molecule has 4 aromatic rings. The van der Waals surface area contributed by atoms with Crippen LogP contribution in [-0.2, 0) is 6.42 Å². The topological polar surface area (TPSA) is 46.3 Å².